The van der Waals surface area contributed by atoms with Crippen molar-refractivity contribution >= 4 is 22.3 Å². The van der Waals surface area contributed by atoms with Crippen LogP contribution in [-0.4, -0.2) is 22.5 Å². The van der Waals surface area contributed by atoms with E-state index >= 15 is 0 Å². The van der Waals surface area contributed by atoms with Crippen LogP contribution in [0.3, 0.4) is 0 Å². The molecule has 2 heterocycles. The fourth-order valence-corrected chi connectivity index (χ4v) is 3.89. The van der Waals surface area contributed by atoms with E-state index in [0.29, 0.717) is 6.42 Å². The van der Waals surface area contributed by atoms with Crippen LogP contribution in [0.15, 0.2) is 5.38 Å². The average molecular weight is 292 g/mol. The predicted molar refractivity (Wildman–Crippen MR) is 79.3 cm³/mol. The molecule has 1 aliphatic rings. The van der Waals surface area contributed by atoms with Crippen LogP contribution in [0, 0.1) is 0 Å². The number of carbonyl (C=O) groups is 1. The first kappa shape index (κ1) is 13.6. The maximum Gasteiger partial charge on any atom is 0.305 e. The number of hydrogen-bond donors (Lipinski definition) is 0. The van der Waals surface area contributed by atoms with E-state index in [1.54, 1.807) is 11.3 Å². The van der Waals surface area contributed by atoms with Crippen molar-refractivity contribution in [1.29, 1.82) is 0 Å². The molecule has 0 bridgehead atoms. The topological polar surface area (TPSA) is 43.6 Å². The lowest BCUT2D eigenvalue weighted by molar-refractivity contribution is -0.140. The number of ether oxygens (including phenoxy) is 1. The minimum atomic E-state index is -0.124. The van der Waals surface area contributed by atoms with Gasteiger partial charge in [0.25, 0.3) is 0 Å². The van der Waals surface area contributed by atoms with Crippen molar-refractivity contribution < 1.29 is 9.53 Å². The van der Waals surface area contributed by atoms with Crippen molar-refractivity contribution in [2.75, 3.05) is 7.11 Å². The Labute approximate surface area is 122 Å². The van der Waals surface area contributed by atoms with Gasteiger partial charge in [-0.15, -0.1) is 11.3 Å². The van der Waals surface area contributed by atoms with Crippen molar-refractivity contribution in [3.8, 4) is 0 Å². The van der Waals surface area contributed by atoms with E-state index in [2.05, 4.69) is 9.78 Å². The number of fused-ring (bicyclic) bond motifs is 3. The minimum Gasteiger partial charge on any atom is -0.469 e. The number of aromatic nitrogens is 2. The summed E-state index contributed by atoms with van der Waals surface area (Å²) in [6, 6.07) is 0. The normalized spacial score (nSPS) is 15.1. The van der Waals surface area contributed by atoms with Crippen LogP contribution < -0.4 is 0 Å². The summed E-state index contributed by atoms with van der Waals surface area (Å²) in [4.78, 5) is 17.1. The van der Waals surface area contributed by atoms with Gasteiger partial charge in [-0.1, -0.05) is 6.42 Å². The van der Waals surface area contributed by atoms with Gasteiger partial charge in [0.15, 0.2) is 4.96 Å². The van der Waals surface area contributed by atoms with Gasteiger partial charge in [0, 0.05) is 23.2 Å². The summed E-state index contributed by atoms with van der Waals surface area (Å²) in [7, 11) is 1.45. The monoisotopic (exact) mass is 292 g/mol. The molecular weight excluding hydrogens is 272 g/mol. The first-order valence-corrected chi connectivity index (χ1v) is 8.21. The van der Waals surface area contributed by atoms with Crippen molar-refractivity contribution in [3.05, 3.63) is 22.5 Å². The van der Waals surface area contributed by atoms with E-state index in [0.717, 1.165) is 30.6 Å². The Morgan fingerprint density at radius 2 is 2.25 bits per heavy atom. The molecule has 0 saturated heterocycles. The molecule has 0 unspecified atom stereocenters. The molecule has 2 aromatic rings. The molecule has 4 nitrogen and oxygen atoms in total. The lowest BCUT2D eigenvalue weighted by atomic mass is 10.2. The number of aryl methyl sites for hydroxylation is 3. The zero-order valence-corrected chi connectivity index (χ0v) is 12.7. The molecule has 0 radical (unpaired) electrons. The SMILES string of the molecule is COC(=O)CCCc1csc2nc3c(n12)CCCCC3. The molecule has 0 aliphatic heterocycles. The smallest absolute Gasteiger partial charge is 0.305 e. The van der Waals surface area contributed by atoms with Crippen LogP contribution in [0.1, 0.15) is 49.2 Å². The maximum atomic E-state index is 11.2. The molecular formula is C15H20N2O2S. The van der Waals surface area contributed by atoms with Gasteiger partial charge in [-0.3, -0.25) is 9.20 Å². The van der Waals surface area contributed by atoms with Gasteiger partial charge in [-0.05, 0) is 38.5 Å². The molecule has 0 saturated carbocycles. The number of hydrogen-bond acceptors (Lipinski definition) is 4. The Morgan fingerprint density at radius 1 is 1.40 bits per heavy atom. The zero-order chi connectivity index (χ0) is 13.9. The summed E-state index contributed by atoms with van der Waals surface area (Å²) in [6.07, 6.45) is 8.32. The first-order chi connectivity index (χ1) is 9.79. The molecule has 1 aliphatic carbocycles. The zero-order valence-electron chi connectivity index (χ0n) is 11.9. The highest BCUT2D eigenvalue weighted by molar-refractivity contribution is 7.15. The summed E-state index contributed by atoms with van der Waals surface area (Å²) < 4.78 is 7.03. The van der Waals surface area contributed by atoms with Gasteiger partial charge in [0.05, 0.1) is 12.8 Å². The molecule has 3 rings (SSSR count). The molecule has 0 spiro atoms. The number of rotatable bonds is 4. The van der Waals surface area contributed by atoms with E-state index < -0.39 is 0 Å². The highest BCUT2D eigenvalue weighted by Gasteiger charge is 2.18. The lowest BCUT2D eigenvalue weighted by Crippen LogP contribution is -2.03. The van der Waals surface area contributed by atoms with Crippen molar-refractivity contribution in [2.24, 2.45) is 0 Å². The summed E-state index contributed by atoms with van der Waals surface area (Å²) in [5, 5.41) is 2.19. The van der Waals surface area contributed by atoms with E-state index in [1.165, 1.54) is 43.5 Å². The second kappa shape index (κ2) is 5.95. The predicted octanol–water partition coefficient (Wildman–Crippen LogP) is 3.16. The second-order valence-corrected chi connectivity index (χ2v) is 6.18. The van der Waals surface area contributed by atoms with E-state index in [1.807, 2.05) is 0 Å². The first-order valence-electron chi connectivity index (χ1n) is 7.33. The number of carbonyl (C=O) groups excluding carboxylic acids is 1. The molecule has 5 heteroatoms. The van der Waals surface area contributed by atoms with E-state index in [-0.39, 0.29) is 5.97 Å². The number of thiazole rings is 1. The molecule has 108 valence electrons. The van der Waals surface area contributed by atoms with E-state index in [4.69, 9.17) is 9.72 Å². The standard InChI is InChI=1S/C15H20N2O2S/c1-19-14(18)9-5-6-11-10-20-15-16-12-7-3-2-4-8-13(12)17(11)15/h10H,2-9H2,1H3. The Hall–Kier alpha value is -1.36. The Morgan fingerprint density at radius 3 is 3.10 bits per heavy atom. The third-order valence-corrected chi connectivity index (χ3v) is 4.86. The van der Waals surface area contributed by atoms with E-state index in [9.17, 15) is 4.79 Å². The van der Waals surface area contributed by atoms with Crippen LogP contribution in [-0.2, 0) is 28.8 Å². The molecule has 0 N–H and O–H groups in total. The second-order valence-electron chi connectivity index (χ2n) is 5.34. The lowest BCUT2D eigenvalue weighted by Gasteiger charge is -2.04. The molecule has 0 amide bonds. The number of esters is 1. The summed E-state index contributed by atoms with van der Waals surface area (Å²) in [5.74, 6) is -0.124. The third kappa shape index (κ3) is 2.59. The largest absolute Gasteiger partial charge is 0.469 e. The fraction of sp³-hybridized carbons (Fsp3) is 0.600. The van der Waals surface area contributed by atoms with Gasteiger partial charge < -0.3 is 4.74 Å². The van der Waals surface area contributed by atoms with Crippen LogP contribution in [0.25, 0.3) is 4.96 Å². The summed E-state index contributed by atoms with van der Waals surface area (Å²) >= 11 is 1.71. The Kier molecular flexibility index (Phi) is 4.05. The Bertz CT molecular complexity index is 615. The fourth-order valence-electron chi connectivity index (χ4n) is 2.93. The van der Waals surface area contributed by atoms with Gasteiger partial charge in [-0.25, -0.2) is 4.98 Å². The Balaban J connectivity index is 1.81. The third-order valence-electron chi connectivity index (χ3n) is 3.98. The quantitative estimate of drug-likeness (QED) is 0.642. The van der Waals surface area contributed by atoms with Gasteiger partial charge in [0.1, 0.15) is 0 Å². The highest BCUT2D eigenvalue weighted by atomic mass is 32.1. The summed E-state index contributed by atoms with van der Waals surface area (Å²) in [6.45, 7) is 0. The van der Waals surface area contributed by atoms with Crippen molar-refractivity contribution in [2.45, 2.75) is 51.4 Å². The van der Waals surface area contributed by atoms with Crippen LogP contribution in [0.4, 0.5) is 0 Å². The van der Waals surface area contributed by atoms with Gasteiger partial charge in [-0.2, -0.15) is 0 Å². The van der Waals surface area contributed by atoms with Crippen LogP contribution >= 0.6 is 11.3 Å². The molecule has 0 atom stereocenters. The van der Waals surface area contributed by atoms with Gasteiger partial charge in [0.2, 0.25) is 0 Å². The van der Waals surface area contributed by atoms with Crippen LogP contribution in [0.2, 0.25) is 0 Å². The molecule has 0 fully saturated rings. The molecule has 20 heavy (non-hydrogen) atoms. The number of nitrogens with zero attached hydrogens (tertiary/aromatic N) is 2. The highest BCUT2D eigenvalue weighted by Crippen LogP contribution is 2.27. The summed E-state index contributed by atoms with van der Waals surface area (Å²) in [5.41, 5.74) is 4.00. The van der Waals surface area contributed by atoms with Gasteiger partial charge >= 0.3 is 5.97 Å². The number of imidazole rings is 1. The van der Waals surface area contributed by atoms with Crippen molar-refractivity contribution in [1.82, 2.24) is 9.38 Å². The average Bonchev–Trinajstić information content (AvgIpc) is 2.91. The number of methoxy groups -OCH3 is 1. The van der Waals surface area contributed by atoms with Crippen molar-refractivity contribution in [3.63, 3.8) is 0 Å². The van der Waals surface area contributed by atoms with Crippen LogP contribution in [0.5, 0.6) is 0 Å². The minimum absolute atomic E-state index is 0.124. The molecule has 2 aromatic heterocycles. The maximum absolute atomic E-state index is 11.2. The molecule has 0 aromatic carbocycles.